The summed E-state index contributed by atoms with van der Waals surface area (Å²) in [5, 5.41) is 21.6. The predicted molar refractivity (Wildman–Crippen MR) is 79.5 cm³/mol. The topological polar surface area (TPSA) is 85.5 Å². The SMILES string of the molecule is N#CCC(=O)N/N=C/c1cc(I)cc(I)c1O. The van der Waals surface area contributed by atoms with Crippen LogP contribution < -0.4 is 5.43 Å². The van der Waals surface area contributed by atoms with Crippen LogP contribution in [0, 0.1) is 18.5 Å². The molecule has 0 spiro atoms. The number of carbonyl (C=O) groups is 1. The summed E-state index contributed by atoms with van der Waals surface area (Å²) in [5.41, 5.74) is 2.70. The highest BCUT2D eigenvalue weighted by molar-refractivity contribution is 14.1. The summed E-state index contributed by atoms with van der Waals surface area (Å²) in [7, 11) is 0. The predicted octanol–water partition coefficient (Wildman–Crippen LogP) is 1.97. The molecule has 17 heavy (non-hydrogen) atoms. The second-order valence-corrected chi connectivity index (χ2v) is 5.36. The van der Waals surface area contributed by atoms with Crippen LogP contribution in [0.3, 0.4) is 0 Å². The molecule has 0 bridgehead atoms. The van der Waals surface area contributed by atoms with Crippen LogP contribution in [0.2, 0.25) is 0 Å². The molecule has 0 aliphatic heterocycles. The number of rotatable bonds is 3. The van der Waals surface area contributed by atoms with E-state index in [1.165, 1.54) is 6.21 Å². The minimum absolute atomic E-state index is 0.115. The Bertz CT molecular complexity index is 509. The van der Waals surface area contributed by atoms with Gasteiger partial charge in [-0.1, -0.05) is 0 Å². The van der Waals surface area contributed by atoms with Crippen molar-refractivity contribution in [3.8, 4) is 11.8 Å². The maximum absolute atomic E-state index is 10.9. The standard InChI is InChI=1S/C10H7I2N3O2/c11-7-3-6(10(17)8(12)4-7)5-14-15-9(16)1-2-13/h3-5,17H,1H2,(H,15,16)/b14-5+. The van der Waals surface area contributed by atoms with Gasteiger partial charge < -0.3 is 5.11 Å². The molecule has 0 atom stereocenters. The third-order valence-corrected chi connectivity index (χ3v) is 3.14. The molecular weight excluding hydrogens is 448 g/mol. The van der Waals surface area contributed by atoms with E-state index in [0.29, 0.717) is 9.13 Å². The third-order valence-electron chi connectivity index (χ3n) is 1.69. The third kappa shape index (κ3) is 4.47. The summed E-state index contributed by atoms with van der Waals surface area (Å²) in [6.45, 7) is 0. The van der Waals surface area contributed by atoms with Gasteiger partial charge >= 0.3 is 0 Å². The molecule has 2 N–H and O–H groups in total. The molecule has 0 radical (unpaired) electrons. The molecule has 0 fully saturated rings. The van der Waals surface area contributed by atoms with E-state index in [2.05, 4.69) is 33.1 Å². The van der Waals surface area contributed by atoms with Gasteiger partial charge in [0.2, 0.25) is 0 Å². The summed E-state index contributed by atoms with van der Waals surface area (Å²) in [5.74, 6) is -0.368. The molecular formula is C10H7I2N3O2. The Balaban J connectivity index is 2.79. The smallest absolute Gasteiger partial charge is 0.254 e. The lowest BCUT2D eigenvalue weighted by Gasteiger charge is -2.02. The minimum atomic E-state index is -0.483. The van der Waals surface area contributed by atoms with Crippen LogP contribution >= 0.6 is 45.2 Å². The van der Waals surface area contributed by atoms with Gasteiger partial charge in [0.05, 0.1) is 15.9 Å². The average molecular weight is 455 g/mol. The second-order valence-electron chi connectivity index (χ2n) is 2.95. The monoisotopic (exact) mass is 455 g/mol. The van der Waals surface area contributed by atoms with Gasteiger partial charge in [-0.3, -0.25) is 4.79 Å². The van der Waals surface area contributed by atoms with Crippen LogP contribution in [0.5, 0.6) is 5.75 Å². The van der Waals surface area contributed by atoms with E-state index in [0.717, 1.165) is 3.57 Å². The fraction of sp³-hybridized carbons (Fsp3) is 0.100. The number of phenolic OH excluding ortho intramolecular Hbond substituents is 1. The number of amides is 1. The van der Waals surface area contributed by atoms with Crippen molar-refractivity contribution in [2.75, 3.05) is 0 Å². The van der Waals surface area contributed by atoms with Crippen LogP contribution in [0.25, 0.3) is 0 Å². The highest BCUT2D eigenvalue weighted by atomic mass is 127. The molecule has 0 aromatic heterocycles. The molecule has 5 nitrogen and oxygen atoms in total. The number of phenols is 1. The summed E-state index contributed by atoms with van der Waals surface area (Å²) >= 11 is 4.13. The molecule has 0 aliphatic carbocycles. The van der Waals surface area contributed by atoms with Gasteiger partial charge in [-0.2, -0.15) is 10.4 Å². The Hall–Kier alpha value is -0.890. The van der Waals surface area contributed by atoms with Gasteiger partial charge in [-0.25, -0.2) is 5.43 Å². The van der Waals surface area contributed by atoms with Crippen molar-refractivity contribution in [2.24, 2.45) is 5.10 Å². The summed E-state index contributed by atoms with van der Waals surface area (Å²) in [4.78, 5) is 10.9. The summed E-state index contributed by atoms with van der Waals surface area (Å²) in [6.07, 6.45) is 1.10. The molecule has 1 aromatic rings. The average Bonchev–Trinajstić information content (AvgIpc) is 2.25. The van der Waals surface area contributed by atoms with Gasteiger partial charge in [0, 0.05) is 9.13 Å². The molecule has 1 amide bonds. The number of nitrogens with one attached hydrogen (secondary N) is 1. The van der Waals surface area contributed by atoms with E-state index in [9.17, 15) is 9.90 Å². The van der Waals surface area contributed by atoms with Crippen molar-refractivity contribution in [3.63, 3.8) is 0 Å². The number of nitriles is 1. The number of hydrazone groups is 1. The molecule has 7 heteroatoms. The first-order chi connectivity index (χ1) is 8.04. The summed E-state index contributed by atoms with van der Waals surface area (Å²) < 4.78 is 1.66. The highest BCUT2D eigenvalue weighted by Crippen LogP contribution is 2.25. The van der Waals surface area contributed by atoms with Crippen LogP contribution in [-0.2, 0) is 4.79 Å². The van der Waals surface area contributed by atoms with Crippen LogP contribution in [-0.4, -0.2) is 17.2 Å². The molecule has 0 saturated heterocycles. The fourth-order valence-corrected chi connectivity index (χ4v) is 2.86. The van der Waals surface area contributed by atoms with Crippen LogP contribution in [0.1, 0.15) is 12.0 Å². The number of carbonyl (C=O) groups excluding carboxylic acids is 1. The van der Waals surface area contributed by atoms with Gasteiger partial charge in [-0.05, 0) is 57.3 Å². The Labute approximate surface area is 125 Å². The van der Waals surface area contributed by atoms with Gasteiger partial charge in [0.25, 0.3) is 5.91 Å². The number of halogens is 2. The zero-order valence-electron chi connectivity index (χ0n) is 8.44. The minimum Gasteiger partial charge on any atom is -0.506 e. The molecule has 1 aromatic carbocycles. The summed E-state index contributed by atoms with van der Waals surface area (Å²) in [6, 6.07) is 5.26. The lowest BCUT2D eigenvalue weighted by atomic mass is 10.2. The number of hydrogen-bond donors (Lipinski definition) is 2. The van der Waals surface area contributed by atoms with E-state index in [1.807, 2.05) is 28.7 Å². The fourth-order valence-electron chi connectivity index (χ4n) is 0.969. The first kappa shape index (κ1) is 14.2. The first-order valence-corrected chi connectivity index (χ1v) is 6.57. The van der Waals surface area contributed by atoms with Crippen LogP contribution in [0.15, 0.2) is 17.2 Å². The normalized spacial score (nSPS) is 10.2. The first-order valence-electron chi connectivity index (χ1n) is 4.41. The molecule has 1 rings (SSSR count). The molecule has 0 unspecified atom stereocenters. The zero-order chi connectivity index (χ0) is 12.8. The molecule has 0 heterocycles. The lowest BCUT2D eigenvalue weighted by molar-refractivity contribution is -0.120. The largest absolute Gasteiger partial charge is 0.506 e. The van der Waals surface area contributed by atoms with Crippen molar-refractivity contribution in [1.82, 2.24) is 5.43 Å². The van der Waals surface area contributed by atoms with Gasteiger partial charge in [-0.15, -0.1) is 0 Å². The Morgan fingerprint density at radius 1 is 1.59 bits per heavy atom. The van der Waals surface area contributed by atoms with E-state index in [4.69, 9.17) is 5.26 Å². The van der Waals surface area contributed by atoms with Crippen molar-refractivity contribution in [2.45, 2.75) is 6.42 Å². The second kappa shape index (κ2) is 6.75. The van der Waals surface area contributed by atoms with Crippen LogP contribution in [0.4, 0.5) is 0 Å². The maximum atomic E-state index is 10.9. The van der Waals surface area contributed by atoms with E-state index in [-0.39, 0.29) is 12.2 Å². The Kier molecular flexibility index (Phi) is 5.63. The van der Waals surface area contributed by atoms with Crippen molar-refractivity contribution < 1.29 is 9.90 Å². The van der Waals surface area contributed by atoms with Crippen molar-refractivity contribution in [3.05, 3.63) is 24.8 Å². The number of nitrogens with zero attached hydrogens (tertiary/aromatic N) is 2. The number of aromatic hydroxyl groups is 1. The van der Waals surface area contributed by atoms with Crippen molar-refractivity contribution >= 4 is 57.3 Å². The van der Waals surface area contributed by atoms with Gasteiger partial charge in [0.1, 0.15) is 12.2 Å². The zero-order valence-corrected chi connectivity index (χ0v) is 12.8. The van der Waals surface area contributed by atoms with E-state index < -0.39 is 5.91 Å². The lowest BCUT2D eigenvalue weighted by Crippen LogP contribution is -2.16. The number of benzene rings is 1. The highest BCUT2D eigenvalue weighted by Gasteiger charge is 2.05. The Morgan fingerprint density at radius 3 is 2.94 bits per heavy atom. The number of hydrogen-bond acceptors (Lipinski definition) is 4. The molecule has 0 aliphatic rings. The maximum Gasteiger partial charge on any atom is 0.254 e. The quantitative estimate of drug-likeness (QED) is 0.416. The van der Waals surface area contributed by atoms with E-state index >= 15 is 0 Å². The van der Waals surface area contributed by atoms with Crippen molar-refractivity contribution in [1.29, 1.82) is 5.26 Å². The van der Waals surface area contributed by atoms with E-state index in [1.54, 1.807) is 12.1 Å². The Morgan fingerprint density at radius 2 is 2.29 bits per heavy atom. The molecule has 88 valence electrons. The van der Waals surface area contributed by atoms with Gasteiger partial charge in [0.15, 0.2) is 0 Å². The molecule has 0 saturated carbocycles.